The second-order valence-electron chi connectivity index (χ2n) is 8.16. The Bertz CT molecular complexity index is 986. The molecule has 0 aliphatic heterocycles. The van der Waals surface area contributed by atoms with E-state index in [4.69, 9.17) is 4.98 Å². The number of halogens is 1. The summed E-state index contributed by atoms with van der Waals surface area (Å²) in [6, 6.07) is 14.6. The maximum absolute atomic E-state index is 13.3. The van der Waals surface area contributed by atoms with Crippen molar-refractivity contribution in [3.63, 3.8) is 0 Å². The molecule has 3 aromatic rings. The first-order valence-corrected chi connectivity index (χ1v) is 12.1. The number of fused-ring (bicyclic) bond motifs is 1. The summed E-state index contributed by atoms with van der Waals surface area (Å²) in [6.45, 7) is 8.08. The highest BCUT2D eigenvalue weighted by molar-refractivity contribution is 7.99. The van der Waals surface area contributed by atoms with E-state index in [1.54, 1.807) is 11.3 Å². The van der Waals surface area contributed by atoms with Crippen molar-refractivity contribution in [3.8, 4) is 0 Å². The van der Waals surface area contributed by atoms with Crippen molar-refractivity contribution in [1.82, 2.24) is 9.88 Å². The molecule has 3 rings (SSSR count). The number of hydrogen-bond donors (Lipinski definition) is 0. The SMILES string of the molecule is Cc1ccc2nc(N(CCCN(C)C)C(=O)Cc3ccc(SC(C)C)cc3)sc2c1.Cl. The van der Waals surface area contributed by atoms with E-state index in [1.807, 2.05) is 22.7 Å². The van der Waals surface area contributed by atoms with Crippen LogP contribution in [-0.2, 0) is 11.2 Å². The number of rotatable bonds is 9. The van der Waals surface area contributed by atoms with Crippen molar-refractivity contribution in [2.45, 2.75) is 43.8 Å². The Labute approximate surface area is 200 Å². The number of aromatic nitrogens is 1. The predicted molar refractivity (Wildman–Crippen MR) is 138 cm³/mol. The molecule has 4 nitrogen and oxygen atoms in total. The van der Waals surface area contributed by atoms with E-state index in [-0.39, 0.29) is 18.3 Å². The van der Waals surface area contributed by atoms with E-state index >= 15 is 0 Å². The molecule has 0 spiro atoms. The Hall–Kier alpha value is -1.60. The van der Waals surface area contributed by atoms with Gasteiger partial charge in [-0.2, -0.15) is 0 Å². The lowest BCUT2D eigenvalue weighted by Gasteiger charge is -2.21. The van der Waals surface area contributed by atoms with Crippen LogP contribution in [0.2, 0.25) is 0 Å². The number of amides is 1. The fourth-order valence-corrected chi connectivity index (χ4v) is 5.18. The van der Waals surface area contributed by atoms with Crippen LogP contribution in [0.25, 0.3) is 10.2 Å². The lowest BCUT2D eigenvalue weighted by atomic mass is 10.1. The van der Waals surface area contributed by atoms with Gasteiger partial charge in [0.05, 0.1) is 16.6 Å². The molecule has 1 amide bonds. The third-order valence-electron chi connectivity index (χ3n) is 4.70. The van der Waals surface area contributed by atoms with E-state index in [9.17, 15) is 4.79 Å². The highest BCUT2D eigenvalue weighted by Crippen LogP contribution is 2.30. The molecular weight excluding hydrogens is 446 g/mol. The molecule has 0 saturated heterocycles. The summed E-state index contributed by atoms with van der Waals surface area (Å²) in [6.07, 6.45) is 1.31. The molecule has 168 valence electrons. The molecule has 31 heavy (non-hydrogen) atoms. The maximum Gasteiger partial charge on any atom is 0.233 e. The van der Waals surface area contributed by atoms with E-state index in [0.29, 0.717) is 18.2 Å². The number of benzene rings is 2. The Kier molecular flexibility index (Phi) is 9.82. The fraction of sp³-hybridized carbons (Fsp3) is 0.417. The summed E-state index contributed by atoms with van der Waals surface area (Å²) in [4.78, 5) is 23.3. The maximum atomic E-state index is 13.3. The van der Waals surface area contributed by atoms with E-state index < -0.39 is 0 Å². The van der Waals surface area contributed by atoms with Gasteiger partial charge in [-0.15, -0.1) is 24.2 Å². The van der Waals surface area contributed by atoms with E-state index in [1.165, 1.54) is 10.5 Å². The largest absolute Gasteiger partial charge is 0.309 e. The van der Waals surface area contributed by atoms with E-state index in [0.717, 1.165) is 33.9 Å². The monoisotopic (exact) mass is 477 g/mol. The van der Waals surface area contributed by atoms with Crippen LogP contribution < -0.4 is 4.90 Å². The number of carbonyl (C=O) groups is 1. The van der Waals surface area contributed by atoms with Crippen LogP contribution in [0.1, 0.15) is 31.4 Å². The number of aryl methyl sites for hydroxylation is 1. The number of carbonyl (C=O) groups excluding carboxylic acids is 1. The second-order valence-corrected chi connectivity index (χ2v) is 10.8. The number of anilines is 1. The molecule has 7 heteroatoms. The minimum absolute atomic E-state index is 0. The van der Waals surface area contributed by atoms with Crippen LogP contribution in [0.15, 0.2) is 47.4 Å². The van der Waals surface area contributed by atoms with Crippen LogP contribution >= 0.6 is 35.5 Å². The van der Waals surface area contributed by atoms with Crippen LogP contribution in [0.5, 0.6) is 0 Å². The molecule has 0 atom stereocenters. The zero-order chi connectivity index (χ0) is 21.7. The molecule has 1 aromatic heterocycles. The zero-order valence-electron chi connectivity index (χ0n) is 18.9. The standard InChI is InChI=1S/C24H31N3OS2.ClH/c1-17(2)29-20-10-8-19(9-11-20)16-23(28)27(14-6-13-26(4)5)24-25-21-12-7-18(3)15-22(21)30-24;/h7-12,15,17H,6,13-14,16H2,1-5H3;1H. The summed E-state index contributed by atoms with van der Waals surface area (Å²) in [5.74, 6) is 0.105. The van der Waals surface area contributed by atoms with Gasteiger partial charge in [0, 0.05) is 16.7 Å². The number of thioether (sulfide) groups is 1. The first kappa shape index (κ1) is 25.7. The lowest BCUT2D eigenvalue weighted by molar-refractivity contribution is -0.118. The van der Waals surface area contributed by atoms with Crippen molar-refractivity contribution in [2.75, 3.05) is 32.1 Å². The smallest absolute Gasteiger partial charge is 0.233 e. The summed E-state index contributed by atoms with van der Waals surface area (Å²) < 4.78 is 1.13. The zero-order valence-corrected chi connectivity index (χ0v) is 21.4. The molecule has 0 fully saturated rings. The van der Waals surface area contributed by atoms with Gasteiger partial charge in [0.15, 0.2) is 5.13 Å². The highest BCUT2D eigenvalue weighted by atomic mass is 35.5. The number of hydrogen-bond acceptors (Lipinski definition) is 5. The van der Waals surface area contributed by atoms with Crippen LogP contribution in [0.4, 0.5) is 5.13 Å². The molecule has 0 unspecified atom stereocenters. The van der Waals surface area contributed by atoms with Gasteiger partial charge in [-0.05, 0) is 69.4 Å². The quantitative estimate of drug-likeness (QED) is 0.351. The molecule has 1 heterocycles. The van der Waals surface area contributed by atoms with Crippen LogP contribution in [0, 0.1) is 6.92 Å². The summed E-state index contributed by atoms with van der Waals surface area (Å²) in [5, 5.41) is 1.35. The molecule has 2 aromatic carbocycles. The molecule has 0 aliphatic rings. The molecular formula is C24H32ClN3OS2. The predicted octanol–water partition coefficient (Wildman–Crippen LogP) is 6.05. The first-order chi connectivity index (χ1) is 14.3. The number of thiazole rings is 1. The van der Waals surface area contributed by atoms with Crippen molar-refractivity contribution in [1.29, 1.82) is 0 Å². The van der Waals surface area contributed by atoms with Gasteiger partial charge in [-0.1, -0.05) is 43.4 Å². The summed E-state index contributed by atoms with van der Waals surface area (Å²) >= 11 is 3.44. The Morgan fingerprint density at radius 2 is 1.81 bits per heavy atom. The van der Waals surface area contributed by atoms with Crippen LogP contribution in [-0.4, -0.2) is 48.2 Å². The third-order valence-corrected chi connectivity index (χ3v) is 6.76. The Morgan fingerprint density at radius 1 is 1.10 bits per heavy atom. The average molecular weight is 478 g/mol. The van der Waals surface area contributed by atoms with Crippen LogP contribution in [0.3, 0.4) is 0 Å². The van der Waals surface area contributed by atoms with Crippen molar-refractivity contribution >= 4 is 56.8 Å². The van der Waals surface area contributed by atoms with Gasteiger partial charge >= 0.3 is 0 Å². The van der Waals surface area contributed by atoms with Crippen molar-refractivity contribution < 1.29 is 4.79 Å². The number of nitrogens with zero attached hydrogens (tertiary/aromatic N) is 3. The van der Waals surface area contributed by atoms with Gasteiger partial charge in [-0.25, -0.2) is 4.98 Å². The van der Waals surface area contributed by atoms with E-state index in [2.05, 4.69) is 76.2 Å². The molecule has 0 saturated carbocycles. The molecule has 0 aliphatic carbocycles. The molecule has 0 N–H and O–H groups in total. The minimum Gasteiger partial charge on any atom is -0.309 e. The topological polar surface area (TPSA) is 36.4 Å². The Morgan fingerprint density at radius 3 is 2.45 bits per heavy atom. The van der Waals surface area contributed by atoms with Gasteiger partial charge in [0.2, 0.25) is 5.91 Å². The normalized spacial score (nSPS) is 11.2. The summed E-state index contributed by atoms with van der Waals surface area (Å²) in [7, 11) is 4.12. The average Bonchev–Trinajstić information content (AvgIpc) is 3.08. The first-order valence-electron chi connectivity index (χ1n) is 10.4. The van der Waals surface area contributed by atoms with Gasteiger partial charge in [-0.3, -0.25) is 9.69 Å². The fourth-order valence-electron chi connectivity index (χ4n) is 3.24. The highest BCUT2D eigenvalue weighted by Gasteiger charge is 2.20. The van der Waals surface area contributed by atoms with Gasteiger partial charge in [0.1, 0.15) is 0 Å². The van der Waals surface area contributed by atoms with Gasteiger partial charge < -0.3 is 4.90 Å². The van der Waals surface area contributed by atoms with Crippen molar-refractivity contribution in [3.05, 3.63) is 53.6 Å². The molecule has 0 radical (unpaired) electrons. The molecule has 0 bridgehead atoms. The van der Waals surface area contributed by atoms with Crippen molar-refractivity contribution in [2.24, 2.45) is 0 Å². The second kappa shape index (κ2) is 11.9. The van der Waals surface area contributed by atoms with Gasteiger partial charge in [0.25, 0.3) is 0 Å². The summed E-state index contributed by atoms with van der Waals surface area (Å²) in [5.41, 5.74) is 3.21. The third kappa shape index (κ3) is 7.49. The Balaban J connectivity index is 0.00000341. The lowest BCUT2D eigenvalue weighted by Crippen LogP contribution is -2.34. The minimum atomic E-state index is 0.